The lowest BCUT2D eigenvalue weighted by molar-refractivity contribution is -0.384. The monoisotopic (exact) mass is 250 g/mol. The van der Waals surface area contributed by atoms with Gasteiger partial charge in [0.25, 0.3) is 5.69 Å². The molecule has 0 spiro atoms. The Morgan fingerprint density at radius 2 is 1.61 bits per heavy atom. The van der Waals surface area contributed by atoms with Gasteiger partial charge in [-0.2, -0.15) is 0 Å². The molecule has 0 amide bonds. The number of aromatic amines is 2. The number of nitrogens with zero attached hydrogens (tertiary/aromatic N) is 2. The van der Waals surface area contributed by atoms with Crippen LogP contribution in [-0.4, -0.2) is 29.0 Å². The number of fused-ring (bicyclic) bond motifs is 1. The van der Waals surface area contributed by atoms with E-state index in [1.165, 1.54) is 12.1 Å². The van der Waals surface area contributed by atoms with Gasteiger partial charge in [0.1, 0.15) is 5.69 Å². The molecule has 1 heterocycles. The van der Waals surface area contributed by atoms with Crippen LogP contribution in [0, 0.1) is 10.1 Å². The normalized spacial score (nSPS) is 10.6. The van der Waals surface area contributed by atoms with Gasteiger partial charge in [0.15, 0.2) is 0 Å². The number of hydrogen-bond acceptors (Lipinski definition) is 5. The van der Waals surface area contributed by atoms with Crippen LogP contribution in [0.2, 0.25) is 0 Å². The average Bonchev–Trinajstić information content (AvgIpc) is 2.28. The van der Waals surface area contributed by atoms with Crippen molar-refractivity contribution >= 4 is 22.4 Å². The number of aromatic nitrogens is 2. The Balaban J connectivity index is 2.89. The van der Waals surface area contributed by atoms with E-state index in [9.17, 15) is 19.7 Å². The van der Waals surface area contributed by atoms with E-state index >= 15 is 0 Å². The summed E-state index contributed by atoms with van der Waals surface area (Å²) in [6.45, 7) is 0. The van der Waals surface area contributed by atoms with Gasteiger partial charge in [-0.3, -0.25) is 19.7 Å². The first-order chi connectivity index (χ1) is 8.40. The molecule has 0 fully saturated rings. The van der Waals surface area contributed by atoms with E-state index in [1.54, 1.807) is 19.0 Å². The van der Waals surface area contributed by atoms with E-state index in [0.717, 1.165) is 0 Å². The number of nitro benzene ring substituents is 1. The third-order valence-electron chi connectivity index (χ3n) is 2.50. The lowest BCUT2D eigenvalue weighted by Crippen LogP contribution is -2.29. The summed E-state index contributed by atoms with van der Waals surface area (Å²) in [5, 5.41) is 10.9. The zero-order chi connectivity index (χ0) is 13.4. The van der Waals surface area contributed by atoms with Crippen molar-refractivity contribution in [3.05, 3.63) is 43.0 Å². The SMILES string of the molecule is CN(C)c1cc2[nH]c(=O)c(=O)[nH]c2cc1[N+](=O)[O-]. The Hall–Kier alpha value is -2.64. The lowest BCUT2D eigenvalue weighted by Gasteiger charge is -2.13. The molecule has 0 saturated heterocycles. The molecule has 0 aliphatic carbocycles. The molecule has 2 rings (SSSR count). The van der Waals surface area contributed by atoms with Crippen molar-refractivity contribution < 1.29 is 4.92 Å². The largest absolute Gasteiger partial charge is 0.372 e. The molecule has 2 aromatic rings. The molecule has 0 bridgehead atoms. The summed E-state index contributed by atoms with van der Waals surface area (Å²) in [4.78, 5) is 39.0. The Labute approximate surface area is 100 Å². The number of hydrogen-bond donors (Lipinski definition) is 2. The van der Waals surface area contributed by atoms with Crippen LogP contribution in [-0.2, 0) is 0 Å². The number of anilines is 1. The van der Waals surface area contributed by atoms with Crippen molar-refractivity contribution in [3.63, 3.8) is 0 Å². The van der Waals surface area contributed by atoms with Crippen LogP contribution in [0.1, 0.15) is 0 Å². The molecule has 2 N–H and O–H groups in total. The molecular formula is C10H10N4O4. The van der Waals surface area contributed by atoms with Crippen molar-refractivity contribution in [2.75, 3.05) is 19.0 Å². The number of benzene rings is 1. The van der Waals surface area contributed by atoms with Gasteiger partial charge in [-0.25, -0.2) is 0 Å². The Morgan fingerprint density at radius 1 is 1.11 bits per heavy atom. The van der Waals surface area contributed by atoms with Gasteiger partial charge in [-0.1, -0.05) is 0 Å². The van der Waals surface area contributed by atoms with Crippen LogP contribution in [0.25, 0.3) is 11.0 Å². The van der Waals surface area contributed by atoms with Crippen LogP contribution in [0.4, 0.5) is 11.4 Å². The topological polar surface area (TPSA) is 112 Å². The van der Waals surface area contributed by atoms with Gasteiger partial charge in [-0.05, 0) is 6.07 Å². The fourth-order valence-corrected chi connectivity index (χ4v) is 1.65. The molecule has 0 aliphatic rings. The fraction of sp³-hybridized carbons (Fsp3) is 0.200. The minimum absolute atomic E-state index is 0.143. The number of rotatable bonds is 2. The van der Waals surface area contributed by atoms with E-state index in [-0.39, 0.29) is 11.2 Å². The molecule has 0 saturated carbocycles. The molecule has 18 heavy (non-hydrogen) atoms. The first-order valence-corrected chi connectivity index (χ1v) is 5.02. The van der Waals surface area contributed by atoms with Gasteiger partial charge in [0.05, 0.1) is 16.0 Å². The maximum Gasteiger partial charge on any atom is 0.314 e. The predicted molar refractivity (Wildman–Crippen MR) is 66.2 cm³/mol. The van der Waals surface area contributed by atoms with Crippen LogP contribution >= 0.6 is 0 Å². The number of nitro groups is 1. The maximum atomic E-state index is 11.2. The molecular weight excluding hydrogens is 240 g/mol. The van der Waals surface area contributed by atoms with E-state index in [1.807, 2.05) is 0 Å². The van der Waals surface area contributed by atoms with Crippen molar-refractivity contribution in [1.82, 2.24) is 9.97 Å². The van der Waals surface area contributed by atoms with Gasteiger partial charge >= 0.3 is 11.1 Å². The van der Waals surface area contributed by atoms with E-state index in [4.69, 9.17) is 0 Å². The van der Waals surface area contributed by atoms with Gasteiger partial charge in [0, 0.05) is 20.2 Å². The van der Waals surface area contributed by atoms with E-state index in [2.05, 4.69) is 9.97 Å². The minimum Gasteiger partial charge on any atom is -0.372 e. The third-order valence-corrected chi connectivity index (χ3v) is 2.50. The third kappa shape index (κ3) is 1.83. The van der Waals surface area contributed by atoms with Crippen molar-refractivity contribution in [2.24, 2.45) is 0 Å². The summed E-state index contributed by atoms with van der Waals surface area (Å²) >= 11 is 0. The molecule has 8 nitrogen and oxygen atoms in total. The molecule has 0 unspecified atom stereocenters. The number of H-pyrrole nitrogens is 2. The highest BCUT2D eigenvalue weighted by Crippen LogP contribution is 2.29. The quantitative estimate of drug-likeness (QED) is 0.449. The maximum absolute atomic E-state index is 11.2. The lowest BCUT2D eigenvalue weighted by atomic mass is 10.2. The number of nitrogens with one attached hydrogen (secondary N) is 2. The summed E-state index contributed by atoms with van der Waals surface area (Å²) in [7, 11) is 3.30. The van der Waals surface area contributed by atoms with Crippen molar-refractivity contribution in [3.8, 4) is 0 Å². The second-order valence-corrected chi connectivity index (χ2v) is 3.95. The summed E-state index contributed by atoms with van der Waals surface area (Å²) in [5.74, 6) is 0. The highest BCUT2D eigenvalue weighted by molar-refractivity contribution is 5.84. The van der Waals surface area contributed by atoms with E-state index in [0.29, 0.717) is 11.2 Å². The van der Waals surface area contributed by atoms with Crippen LogP contribution in [0.5, 0.6) is 0 Å². The molecule has 8 heteroatoms. The first kappa shape index (κ1) is 11.8. The van der Waals surface area contributed by atoms with E-state index < -0.39 is 16.0 Å². The molecule has 0 aliphatic heterocycles. The molecule has 1 aromatic carbocycles. The van der Waals surface area contributed by atoms with Crippen molar-refractivity contribution in [1.29, 1.82) is 0 Å². The summed E-state index contributed by atoms with van der Waals surface area (Å²) in [6.07, 6.45) is 0. The minimum atomic E-state index is -0.839. The Morgan fingerprint density at radius 3 is 2.06 bits per heavy atom. The fourth-order valence-electron chi connectivity index (χ4n) is 1.65. The zero-order valence-corrected chi connectivity index (χ0v) is 9.68. The van der Waals surface area contributed by atoms with Crippen molar-refractivity contribution in [2.45, 2.75) is 0 Å². The predicted octanol–water partition coefficient (Wildman–Crippen LogP) is 0.191. The molecule has 94 valence electrons. The Bertz CT molecular complexity index is 744. The molecule has 1 aromatic heterocycles. The summed E-state index contributed by atoms with van der Waals surface area (Å²) in [5.41, 5.74) is -0.869. The smallest absolute Gasteiger partial charge is 0.314 e. The average molecular weight is 250 g/mol. The van der Waals surface area contributed by atoms with Gasteiger partial charge < -0.3 is 14.9 Å². The highest BCUT2D eigenvalue weighted by Gasteiger charge is 2.17. The molecule has 0 atom stereocenters. The second kappa shape index (κ2) is 3.99. The van der Waals surface area contributed by atoms with Gasteiger partial charge in [0.2, 0.25) is 0 Å². The highest BCUT2D eigenvalue weighted by atomic mass is 16.6. The van der Waals surface area contributed by atoms with Crippen LogP contribution in [0.3, 0.4) is 0 Å². The summed E-state index contributed by atoms with van der Waals surface area (Å²) in [6, 6.07) is 2.67. The second-order valence-electron chi connectivity index (χ2n) is 3.95. The Kier molecular flexibility index (Phi) is 2.62. The van der Waals surface area contributed by atoms with Crippen LogP contribution in [0.15, 0.2) is 21.7 Å². The standard InChI is InChI=1S/C10H10N4O4/c1-13(2)7-3-5-6(4-8(7)14(17)18)12-10(16)9(15)11-5/h3-4H,1-2H3,(H,11,15)(H,12,16). The molecule has 0 radical (unpaired) electrons. The zero-order valence-electron chi connectivity index (χ0n) is 9.68. The van der Waals surface area contributed by atoms with Gasteiger partial charge in [-0.15, -0.1) is 0 Å². The van der Waals surface area contributed by atoms with Crippen LogP contribution < -0.4 is 16.0 Å². The summed E-state index contributed by atoms with van der Waals surface area (Å²) < 4.78 is 0. The first-order valence-electron chi connectivity index (χ1n) is 5.02.